The minimum absolute atomic E-state index is 0.0597. The maximum Gasteiger partial charge on any atom is 0.350 e. The fourth-order valence-electron chi connectivity index (χ4n) is 6.46. The van der Waals surface area contributed by atoms with Crippen LogP contribution >= 0.6 is 0 Å². The summed E-state index contributed by atoms with van der Waals surface area (Å²) in [6.07, 6.45) is 9.56. The first-order valence-corrected chi connectivity index (χ1v) is 15.2. The predicted molar refractivity (Wildman–Crippen MR) is 164 cm³/mol. The number of carbonyl (C=O) groups excluding carboxylic acids is 3. The smallest absolute Gasteiger partial charge is 0.350 e. The molecule has 3 heterocycles. The number of nitrogen functional groups attached to an aromatic ring is 1. The van der Waals surface area contributed by atoms with E-state index in [1.807, 2.05) is 25.1 Å². The van der Waals surface area contributed by atoms with Crippen LogP contribution in [0.5, 0.6) is 0 Å². The molecule has 2 fully saturated rings. The van der Waals surface area contributed by atoms with E-state index in [9.17, 15) is 14.4 Å². The van der Waals surface area contributed by atoms with Crippen LogP contribution in [0.1, 0.15) is 91.5 Å². The summed E-state index contributed by atoms with van der Waals surface area (Å²) in [6.45, 7) is 5.02. The molecule has 3 aliphatic rings. The van der Waals surface area contributed by atoms with Crippen LogP contribution in [0.2, 0.25) is 0 Å². The number of nitrogens with two attached hydrogens (primary N) is 1. The molecule has 2 aromatic rings. The van der Waals surface area contributed by atoms with E-state index in [1.165, 1.54) is 0 Å². The number of esters is 1. The number of aliphatic imine (C=N–C) groups is 1. The lowest BCUT2D eigenvalue weighted by molar-refractivity contribution is -0.148. The molecule has 10 nitrogen and oxygen atoms in total. The third-order valence-electron chi connectivity index (χ3n) is 8.78. The van der Waals surface area contributed by atoms with Gasteiger partial charge in [-0.3, -0.25) is 14.6 Å². The zero-order valence-corrected chi connectivity index (χ0v) is 25.2. The number of benzene rings is 1. The Balaban J connectivity index is 1.45. The Morgan fingerprint density at radius 1 is 1.16 bits per heavy atom. The second-order valence-corrected chi connectivity index (χ2v) is 11.7. The van der Waals surface area contributed by atoms with Crippen molar-refractivity contribution in [1.29, 1.82) is 0 Å². The number of ketones is 2. The highest BCUT2D eigenvalue weighted by Crippen LogP contribution is 2.58. The number of guanidine groups is 1. The van der Waals surface area contributed by atoms with Crippen molar-refractivity contribution >= 4 is 29.3 Å². The van der Waals surface area contributed by atoms with Crippen LogP contribution in [0, 0.1) is 0 Å². The zero-order chi connectivity index (χ0) is 30.7. The molecule has 1 aliphatic carbocycles. The van der Waals surface area contributed by atoms with Gasteiger partial charge in [-0.15, -0.1) is 0 Å². The molecule has 43 heavy (non-hydrogen) atoms. The van der Waals surface area contributed by atoms with Gasteiger partial charge >= 0.3 is 5.97 Å². The summed E-state index contributed by atoms with van der Waals surface area (Å²) in [4.78, 5) is 49.8. The highest BCUT2D eigenvalue weighted by atomic mass is 16.7. The highest BCUT2D eigenvalue weighted by Gasteiger charge is 2.85. The number of hydrogen-bond acceptors (Lipinski definition) is 8. The number of fused-ring (bicyclic) bond motifs is 2. The minimum atomic E-state index is -1.97. The number of hydrogen-bond donors (Lipinski definition) is 3. The molecule has 5 rings (SSSR count). The summed E-state index contributed by atoms with van der Waals surface area (Å²) in [5.41, 5.74) is 4.31. The number of nitrogens with one attached hydrogen (secondary N) is 2. The Bertz CT molecular complexity index is 1470. The lowest BCUT2D eigenvalue weighted by Crippen LogP contribution is -2.50. The van der Waals surface area contributed by atoms with Crippen molar-refractivity contribution in [3.8, 4) is 0 Å². The van der Waals surface area contributed by atoms with Crippen molar-refractivity contribution < 1.29 is 23.9 Å². The van der Waals surface area contributed by atoms with E-state index in [-0.39, 0.29) is 29.9 Å². The average molecular weight is 588 g/mol. The summed E-state index contributed by atoms with van der Waals surface area (Å²) in [6, 6.07) is 10.4. The van der Waals surface area contributed by atoms with Crippen LogP contribution in [-0.2, 0) is 19.8 Å². The summed E-state index contributed by atoms with van der Waals surface area (Å²) < 4.78 is 11.6. The first-order valence-electron chi connectivity index (χ1n) is 15.2. The van der Waals surface area contributed by atoms with Gasteiger partial charge in [0.25, 0.3) is 5.60 Å². The number of pyridine rings is 1. The maximum absolute atomic E-state index is 13.9. The second-order valence-electron chi connectivity index (χ2n) is 11.7. The summed E-state index contributed by atoms with van der Waals surface area (Å²) in [5.74, 6) is -0.581. The zero-order valence-electron chi connectivity index (χ0n) is 25.2. The highest BCUT2D eigenvalue weighted by molar-refractivity contribution is 6.32. The van der Waals surface area contributed by atoms with Gasteiger partial charge < -0.3 is 25.8 Å². The number of unbranched alkanes of at least 4 members (excludes halogenated alkanes) is 3. The minimum Gasteiger partial charge on any atom is -0.463 e. The Morgan fingerprint density at radius 3 is 2.65 bits per heavy atom. The SMILES string of the molecule is CCCCCCOC(=O)[C@]12O[C@@]1(C/C=C(\C)C[C@]1(c3ccnc(N)c3)CCCNC(=NC)N1)C(=O)c1ccccc1C2=O. The van der Waals surface area contributed by atoms with Crippen LogP contribution in [0.4, 0.5) is 5.82 Å². The molecular weight excluding hydrogens is 546 g/mol. The van der Waals surface area contributed by atoms with E-state index in [4.69, 9.17) is 15.2 Å². The van der Waals surface area contributed by atoms with Gasteiger partial charge in [-0.2, -0.15) is 0 Å². The van der Waals surface area contributed by atoms with Gasteiger partial charge in [0.1, 0.15) is 5.82 Å². The molecule has 3 atom stereocenters. The lowest BCUT2D eigenvalue weighted by atomic mass is 9.72. The van der Waals surface area contributed by atoms with Crippen molar-refractivity contribution in [3.05, 3.63) is 70.9 Å². The van der Waals surface area contributed by atoms with Crippen molar-refractivity contribution in [2.75, 3.05) is 25.9 Å². The van der Waals surface area contributed by atoms with Crippen LogP contribution in [-0.4, -0.2) is 59.9 Å². The normalized spacial score (nSPS) is 27.4. The number of aromatic nitrogens is 1. The molecular formula is C33H41N5O5. The largest absolute Gasteiger partial charge is 0.463 e. The molecule has 4 N–H and O–H groups in total. The number of Topliss-reactive ketones (excluding diaryl/α,β-unsaturated/α-hetero) is 2. The van der Waals surface area contributed by atoms with Gasteiger partial charge in [0.2, 0.25) is 5.78 Å². The number of carbonyl (C=O) groups is 3. The van der Waals surface area contributed by atoms with Crippen molar-refractivity contribution in [1.82, 2.24) is 15.6 Å². The summed E-state index contributed by atoms with van der Waals surface area (Å²) in [5, 5.41) is 6.92. The van der Waals surface area contributed by atoms with Gasteiger partial charge in [-0.1, -0.05) is 62.1 Å². The average Bonchev–Trinajstić information content (AvgIpc) is 3.76. The van der Waals surface area contributed by atoms with Crippen molar-refractivity contribution in [2.45, 2.75) is 82.0 Å². The molecule has 0 amide bonds. The van der Waals surface area contributed by atoms with Crippen LogP contribution in [0.3, 0.4) is 0 Å². The third kappa shape index (κ3) is 5.44. The number of rotatable bonds is 11. The molecule has 0 unspecified atom stereocenters. The monoisotopic (exact) mass is 587 g/mol. The first kappa shape index (κ1) is 30.4. The number of epoxide rings is 1. The first-order chi connectivity index (χ1) is 20.7. The molecule has 0 saturated carbocycles. The Morgan fingerprint density at radius 2 is 1.93 bits per heavy atom. The van der Waals surface area contributed by atoms with Crippen molar-refractivity contribution in [3.63, 3.8) is 0 Å². The van der Waals surface area contributed by atoms with Gasteiger partial charge in [0.15, 0.2) is 17.3 Å². The van der Waals surface area contributed by atoms with Crippen LogP contribution in [0.15, 0.2) is 59.2 Å². The topological polar surface area (TPSA) is 148 Å². The van der Waals surface area contributed by atoms with E-state index in [1.54, 1.807) is 37.5 Å². The van der Waals surface area contributed by atoms with Gasteiger partial charge in [0.05, 0.1) is 12.1 Å². The molecule has 2 aliphatic heterocycles. The summed E-state index contributed by atoms with van der Waals surface area (Å²) in [7, 11) is 1.73. The summed E-state index contributed by atoms with van der Waals surface area (Å²) >= 11 is 0. The van der Waals surface area contributed by atoms with E-state index in [2.05, 4.69) is 27.5 Å². The van der Waals surface area contributed by atoms with Gasteiger partial charge in [-0.25, -0.2) is 9.78 Å². The molecule has 228 valence electrons. The molecule has 1 aromatic carbocycles. The third-order valence-corrected chi connectivity index (χ3v) is 8.78. The molecule has 10 heteroatoms. The van der Waals surface area contributed by atoms with E-state index in [0.717, 1.165) is 49.8 Å². The Labute approximate surface area is 252 Å². The van der Waals surface area contributed by atoms with E-state index in [0.29, 0.717) is 24.6 Å². The van der Waals surface area contributed by atoms with E-state index >= 15 is 0 Å². The van der Waals surface area contributed by atoms with Gasteiger partial charge in [0, 0.05) is 37.3 Å². The second kappa shape index (κ2) is 12.3. The van der Waals surface area contributed by atoms with Crippen molar-refractivity contribution in [2.24, 2.45) is 4.99 Å². The maximum atomic E-state index is 13.9. The molecule has 0 radical (unpaired) electrons. The molecule has 2 saturated heterocycles. The standard InChI is InChI=1S/C33H41N5O5/c1-4-5-6-9-19-42-29(41)33-28(40)25-12-8-7-11-24(25)27(39)32(33,43-33)16-13-22(2)21-31(23-14-18-36-26(34)20-23)15-10-17-37-30(35-3)38-31/h7-8,11-14,18,20H,4-6,9-10,15-17,19,21H2,1-3H3,(H2,34,36)(H2,35,37,38)/b22-13+/t31-,32-,33-/m0/s1. The quantitative estimate of drug-likeness (QED) is 0.115. The fraction of sp³-hybridized carbons (Fsp3) is 0.485. The van der Waals surface area contributed by atoms with Gasteiger partial charge in [-0.05, 0) is 50.3 Å². The molecule has 0 spiro atoms. The predicted octanol–water partition coefficient (Wildman–Crippen LogP) is 4.25. The Hall–Kier alpha value is -4.05. The van der Waals surface area contributed by atoms with E-state index < -0.39 is 28.5 Å². The molecule has 1 aromatic heterocycles. The van der Waals surface area contributed by atoms with Crippen LogP contribution in [0.25, 0.3) is 0 Å². The fourth-order valence-corrected chi connectivity index (χ4v) is 6.46. The number of nitrogens with zero attached hydrogens (tertiary/aromatic N) is 2. The molecule has 0 bridgehead atoms. The number of ether oxygens (including phenoxy) is 2. The number of anilines is 1. The Kier molecular flexibility index (Phi) is 8.69. The lowest BCUT2D eigenvalue weighted by Gasteiger charge is -2.35. The van der Waals surface area contributed by atoms with Crippen LogP contribution < -0.4 is 16.4 Å².